The van der Waals surface area contributed by atoms with E-state index in [1.54, 1.807) is 6.92 Å². The third-order valence-corrected chi connectivity index (χ3v) is 4.65. The van der Waals surface area contributed by atoms with E-state index in [0.717, 1.165) is 55.6 Å². The predicted molar refractivity (Wildman–Crippen MR) is 76.7 cm³/mol. The highest BCUT2D eigenvalue weighted by atomic mass is 32.2. The first-order valence-electron chi connectivity index (χ1n) is 6.98. The number of rotatable bonds is 4. The molecule has 0 heterocycles. The van der Waals surface area contributed by atoms with Crippen LogP contribution in [0.4, 0.5) is 8.78 Å². The Balaban J connectivity index is 1.91. The molecule has 2 rings (SSSR count). The van der Waals surface area contributed by atoms with Gasteiger partial charge in [0, 0.05) is 10.9 Å². The molecular formula is C15H19F2NOS. The lowest BCUT2D eigenvalue weighted by atomic mass is 9.95. The number of carbonyl (C=O) groups is 1. The monoisotopic (exact) mass is 299 g/mol. The van der Waals surface area contributed by atoms with Crippen LogP contribution in [0.5, 0.6) is 0 Å². The molecule has 0 aliphatic heterocycles. The molecule has 1 N–H and O–H groups in total. The summed E-state index contributed by atoms with van der Waals surface area (Å²) in [4.78, 5) is 12.2. The highest BCUT2D eigenvalue weighted by Gasteiger charge is 2.21. The van der Waals surface area contributed by atoms with E-state index in [2.05, 4.69) is 5.32 Å². The summed E-state index contributed by atoms with van der Waals surface area (Å²) in [5.74, 6) is -1.09. The summed E-state index contributed by atoms with van der Waals surface area (Å²) in [5, 5.41) is 2.56. The van der Waals surface area contributed by atoms with Crippen molar-refractivity contribution in [2.24, 2.45) is 0 Å². The summed E-state index contributed by atoms with van der Waals surface area (Å²) in [5.41, 5.74) is 0. The van der Waals surface area contributed by atoms with Gasteiger partial charge in [-0.25, -0.2) is 8.78 Å². The Morgan fingerprint density at radius 3 is 2.70 bits per heavy atom. The van der Waals surface area contributed by atoms with Gasteiger partial charge in [0.25, 0.3) is 0 Å². The maximum absolute atomic E-state index is 13.5. The van der Waals surface area contributed by atoms with Crippen LogP contribution in [0.1, 0.15) is 39.0 Å². The number of nitrogens with one attached hydrogen (secondary N) is 1. The standard InChI is InChI=1S/C15H19F2NOS/c1-10(15(19)18-12-5-3-2-4-6-12)20-14-9-11(16)7-8-13(14)17/h7-10,12H,2-6H2,1H3,(H,18,19). The maximum atomic E-state index is 13.5. The lowest BCUT2D eigenvalue weighted by Crippen LogP contribution is -2.40. The minimum absolute atomic E-state index is 0.106. The second kappa shape index (κ2) is 7.07. The van der Waals surface area contributed by atoms with E-state index >= 15 is 0 Å². The Morgan fingerprint density at radius 1 is 1.30 bits per heavy atom. The Morgan fingerprint density at radius 2 is 2.00 bits per heavy atom. The largest absolute Gasteiger partial charge is 0.352 e. The molecule has 1 aliphatic carbocycles. The van der Waals surface area contributed by atoms with Gasteiger partial charge in [-0.3, -0.25) is 4.79 Å². The zero-order chi connectivity index (χ0) is 14.5. The van der Waals surface area contributed by atoms with Crippen molar-refractivity contribution in [3.05, 3.63) is 29.8 Å². The molecule has 1 amide bonds. The molecule has 20 heavy (non-hydrogen) atoms. The zero-order valence-corrected chi connectivity index (χ0v) is 12.3. The average Bonchev–Trinajstić information content (AvgIpc) is 2.44. The molecule has 1 fully saturated rings. The van der Waals surface area contributed by atoms with E-state index in [0.29, 0.717) is 0 Å². The predicted octanol–water partition coefficient (Wildman–Crippen LogP) is 3.89. The quantitative estimate of drug-likeness (QED) is 0.855. The van der Waals surface area contributed by atoms with Gasteiger partial charge in [0.15, 0.2) is 0 Å². The second-order valence-electron chi connectivity index (χ2n) is 5.18. The van der Waals surface area contributed by atoms with Crippen molar-refractivity contribution in [2.45, 2.75) is 55.2 Å². The van der Waals surface area contributed by atoms with Gasteiger partial charge >= 0.3 is 0 Å². The number of carbonyl (C=O) groups excluding carboxylic acids is 1. The number of hydrogen-bond donors (Lipinski definition) is 1. The Labute approximate surface area is 122 Å². The summed E-state index contributed by atoms with van der Waals surface area (Å²) in [6.07, 6.45) is 5.54. The first-order chi connectivity index (χ1) is 9.56. The van der Waals surface area contributed by atoms with Crippen molar-refractivity contribution in [3.8, 4) is 0 Å². The van der Waals surface area contributed by atoms with Crippen LogP contribution in [-0.2, 0) is 4.79 Å². The van der Waals surface area contributed by atoms with Crippen molar-refractivity contribution in [1.82, 2.24) is 5.32 Å². The van der Waals surface area contributed by atoms with E-state index in [-0.39, 0.29) is 16.8 Å². The third-order valence-electron chi connectivity index (χ3n) is 3.52. The molecule has 0 bridgehead atoms. The van der Waals surface area contributed by atoms with Crippen molar-refractivity contribution >= 4 is 17.7 Å². The van der Waals surface area contributed by atoms with E-state index in [1.165, 1.54) is 6.42 Å². The highest BCUT2D eigenvalue weighted by molar-refractivity contribution is 8.00. The first kappa shape index (κ1) is 15.3. The van der Waals surface area contributed by atoms with Crippen LogP contribution in [0.25, 0.3) is 0 Å². The molecule has 110 valence electrons. The van der Waals surface area contributed by atoms with Crippen molar-refractivity contribution in [2.75, 3.05) is 0 Å². The SMILES string of the molecule is CC(Sc1cc(F)ccc1F)C(=O)NC1CCCCC1. The summed E-state index contributed by atoms with van der Waals surface area (Å²) in [6, 6.07) is 3.52. The van der Waals surface area contributed by atoms with Crippen LogP contribution in [-0.4, -0.2) is 17.2 Å². The fourth-order valence-electron chi connectivity index (χ4n) is 2.38. The van der Waals surface area contributed by atoms with Crippen LogP contribution >= 0.6 is 11.8 Å². The summed E-state index contributed by atoms with van der Waals surface area (Å²) < 4.78 is 26.6. The van der Waals surface area contributed by atoms with Gasteiger partial charge in [-0.2, -0.15) is 0 Å². The molecular weight excluding hydrogens is 280 g/mol. The van der Waals surface area contributed by atoms with Gasteiger partial charge in [0.2, 0.25) is 5.91 Å². The number of benzene rings is 1. The maximum Gasteiger partial charge on any atom is 0.233 e. The van der Waals surface area contributed by atoms with Gasteiger partial charge in [0.1, 0.15) is 11.6 Å². The molecule has 1 aromatic carbocycles. The number of hydrogen-bond acceptors (Lipinski definition) is 2. The molecule has 1 atom stereocenters. The van der Waals surface area contributed by atoms with Gasteiger partial charge in [-0.05, 0) is 38.0 Å². The normalized spacial score (nSPS) is 17.8. The number of amides is 1. The van der Waals surface area contributed by atoms with Crippen LogP contribution in [0, 0.1) is 11.6 Å². The number of thioether (sulfide) groups is 1. The lowest BCUT2D eigenvalue weighted by Gasteiger charge is -2.24. The second-order valence-corrected chi connectivity index (χ2v) is 6.56. The van der Waals surface area contributed by atoms with Gasteiger partial charge in [0.05, 0.1) is 5.25 Å². The number of halogens is 2. The molecule has 2 nitrogen and oxygen atoms in total. The molecule has 1 saturated carbocycles. The lowest BCUT2D eigenvalue weighted by molar-refractivity contribution is -0.121. The van der Waals surface area contributed by atoms with Gasteiger partial charge < -0.3 is 5.32 Å². The zero-order valence-electron chi connectivity index (χ0n) is 11.5. The third kappa shape index (κ3) is 4.20. The fourth-order valence-corrected chi connectivity index (χ4v) is 3.29. The molecule has 0 radical (unpaired) electrons. The van der Waals surface area contributed by atoms with Crippen LogP contribution in [0.2, 0.25) is 0 Å². The van der Waals surface area contributed by atoms with Gasteiger partial charge in [-0.15, -0.1) is 11.8 Å². The molecule has 1 aliphatic rings. The van der Waals surface area contributed by atoms with E-state index < -0.39 is 16.9 Å². The molecule has 0 aromatic heterocycles. The van der Waals surface area contributed by atoms with Gasteiger partial charge in [-0.1, -0.05) is 19.3 Å². The Bertz CT molecular complexity index is 475. The summed E-state index contributed by atoms with van der Waals surface area (Å²) in [7, 11) is 0. The van der Waals surface area contributed by atoms with Crippen LogP contribution < -0.4 is 5.32 Å². The Hall–Kier alpha value is -1.10. The van der Waals surface area contributed by atoms with Crippen molar-refractivity contribution in [1.29, 1.82) is 0 Å². The molecule has 0 spiro atoms. The smallest absolute Gasteiger partial charge is 0.233 e. The minimum Gasteiger partial charge on any atom is -0.352 e. The highest BCUT2D eigenvalue weighted by Crippen LogP contribution is 2.27. The van der Waals surface area contributed by atoms with E-state index in [4.69, 9.17) is 0 Å². The van der Waals surface area contributed by atoms with E-state index in [1.807, 2.05) is 0 Å². The van der Waals surface area contributed by atoms with Crippen molar-refractivity contribution < 1.29 is 13.6 Å². The van der Waals surface area contributed by atoms with Crippen molar-refractivity contribution in [3.63, 3.8) is 0 Å². The topological polar surface area (TPSA) is 29.1 Å². The molecule has 5 heteroatoms. The minimum atomic E-state index is -0.492. The molecule has 0 saturated heterocycles. The summed E-state index contributed by atoms with van der Waals surface area (Å²) >= 11 is 1.05. The van der Waals surface area contributed by atoms with Crippen LogP contribution in [0.15, 0.2) is 23.1 Å². The average molecular weight is 299 g/mol. The van der Waals surface area contributed by atoms with Crippen LogP contribution in [0.3, 0.4) is 0 Å². The first-order valence-corrected chi connectivity index (χ1v) is 7.86. The van der Waals surface area contributed by atoms with E-state index in [9.17, 15) is 13.6 Å². The molecule has 1 unspecified atom stereocenters. The Kier molecular flexibility index (Phi) is 5.40. The molecule has 1 aromatic rings. The summed E-state index contributed by atoms with van der Waals surface area (Å²) in [6.45, 7) is 1.72. The fraction of sp³-hybridized carbons (Fsp3) is 0.533.